The minimum atomic E-state index is -0.197. The highest BCUT2D eigenvalue weighted by atomic mass is 32.1. The van der Waals surface area contributed by atoms with E-state index in [2.05, 4.69) is 15.1 Å². The molecule has 0 saturated heterocycles. The number of thiazole rings is 1. The fourth-order valence-electron chi connectivity index (χ4n) is 1.86. The second kappa shape index (κ2) is 4.34. The fourth-order valence-corrected chi connectivity index (χ4v) is 2.74. The Morgan fingerprint density at radius 1 is 1.56 bits per heavy atom. The fraction of sp³-hybridized carbons (Fsp3) is 0.273. The molecule has 7 heteroatoms. The van der Waals surface area contributed by atoms with Crippen LogP contribution in [0.2, 0.25) is 0 Å². The van der Waals surface area contributed by atoms with Crippen molar-refractivity contribution in [3.05, 3.63) is 34.8 Å². The molecule has 0 N–H and O–H groups in total. The number of rotatable bonds is 1. The Morgan fingerprint density at radius 2 is 2.44 bits per heavy atom. The van der Waals surface area contributed by atoms with E-state index >= 15 is 0 Å². The van der Waals surface area contributed by atoms with Crippen LogP contribution in [0.4, 0.5) is 4.79 Å². The summed E-state index contributed by atoms with van der Waals surface area (Å²) in [6.07, 6.45) is 8.96. The zero-order valence-corrected chi connectivity index (χ0v) is 10.5. The summed E-state index contributed by atoms with van der Waals surface area (Å²) in [7, 11) is 0. The van der Waals surface area contributed by atoms with E-state index in [1.807, 2.05) is 13.1 Å². The number of carbonyl (C=O) groups is 1. The zero-order chi connectivity index (χ0) is 12.5. The van der Waals surface area contributed by atoms with Gasteiger partial charge in [-0.2, -0.15) is 5.10 Å². The summed E-state index contributed by atoms with van der Waals surface area (Å²) < 4.78 is 1.42. The first-order valence-corrected chi connectivity index (χ1v) is 6.33. The maximum Gasteiger partial charge on any atom is 0.350 e. The lowest BCUT2D eigenvalue weighted by Crippen LogP contribution is -2.30. The van der Waals surface area contributed by atoms with Crippen LogP contribution in [0.15, 0.2) is 30.0 Å². The third-order valence-electron chi connectivity index (χ3n) is 2.72. The van der Waals surface area contributed by atoms with Gasteiger partial charge in [0.25, 0.3) is 0 Å². The van der Waals surface area contributed by atoms with Crippen LogP contribution >= 0.6 is 11.3 Å². The van der Waals surface area contributed by atoms with Gasteiger partial charge >= 0.3 is 6.03 Å². The lowest BCUT2D eigenvalue weighted by Gasteiger charge is -2.20. The van der Waals surface area contributed by atoms with Gasteiger partial charge in [-0.15, -0.1) is 11.3 Å². The van der Waals surface area contributed by atoms with E-state index in [-0.39, 0.29) is 12.1 Å². The van der Waals surface area contributed by atoms with Gasteiger partial charge in [-0.05, 0) is 6.92 Å². The van der Waals surface area contributed by atoms with Crippen LogP contribution in [-0.2, 0) is 0 Å². The topological polar surface area (TPSA) is 63.4 Å². The van der Waals surface area contributed by atoms with Crippen molar-refractivity contribution in [2.75, 3.05) is 0 Å². The first kappa shape index (κ1) is 11.1. The minimum absolute atomic E-state index is 0.0499. The SMILES string of the molecule is Cc1ncc(C2CC=NN2C(=O)n2ccnc2)s1. The van der Waals surface area contributed by atoms with E-state index in [4.69, 9.17) is 0 Å². The molecule has 0 aromatic carbocycles. The van der Waals surface area contributed by atoms with Gasteiger partial charge in [-0.1, -0.05) is 0 Å². The molecule has 0 fully saturated rings. The molecule has 0 bridgehead atoms. The van der Waals surface area contributed by atoms with Crippen LogP contribution in [0, 0.1) is 6.92 Å². The molecule has 1 aliphatic heterocycles. The molecule has 0 radical (unpaired) electrons. The van der Waals surface area contributed by atoms with Crippen LogP contribution in [0.25, 0.3) is 0 Å². The van der Waals surface area contributed by atoms with Gasteiger partial charge in [0, 0.05) is 36.1 Å². The number of amides is 1. The highest BCUT2D eigenvalue weighted by Crippen LogP contribution is 2.32. The van der Waals surface area contributed by atoms with Gasteiger partial charge in [-0.25, -0.2) is 19.8 Å². The molecule has 0 aliphatic carbocycles. The second-order valence-electron chi connectivity index (χ2n) is 3.93. The molecule has 18 heavy (non-hydrogen) atoms. The van der Waals surface area contributed by atoms with E-state index in [1.165, 1.54) is 15.9 Å². The van der Waals surface area contributed by atoms with Gasteiger partial charge in [0.2, 0.25) is 0 Å². The quantitative estimate of drug-likeness (QED) is 0.789. The number of aryl methyl sites for hydroxylation is 1. The predicted octanol–water partition coefficient (Wildman–Crippen LogP) is 2.05. The van der Waals surface area contributed by atoms with Crippen LogP contribution in [-0.4, -0.2) is 31.8 Å². The number of hydrogen-bond donors (Lipinski definition) is 0. The average molecular weight is 261 g/mol. The summed E-state index contributed by atoms with van der Waals surface area (Å²) >= 11 is 1.59. The van der Waals surface area contributed by atoms with Crippen molar-refractivity contribution in [1.29, 1.82) is 0 Å². The van der Waals surface area contributed by atoms with Crippen molar-refractivity contribution in [3.63, 3.8) is 0 Å². The predicted molar refractivity (Wildman–Crippen MR) is 67.6 cm³/mol. The standard InChI is InChI=1S/C11H11N5OS/c1-8-13-6-10(18-8)9-2-3-14-16(9)11(17)15-5-4-12-7-15/h3-7,9H,2H2,1H3. The molecular formula is C11H11N5OS. The first-order valence-electron chi connectivity index (χ1n) is 5.52. The molecule has 1 atom stereocenters. The van der Waals surface area contributed by atoms with E-state index in [9.17, 15) is 4.79 Å². The van der Waals surface area contributed by atoms with Gasteiger partial charge in [0.1, 0.15) is 6.33 Å². The number of aromatic nitrogens is 3. The Kier molecular flexibility index (Phi) is 2.67. The number of imidazole rings is 1. The summed E-state index contributed by atoms with van der Waals surface area (Å²) in [5, 5.41) is 6.62. The number of carbonyl (C=O) groups excluding carboxylic acids is 1. The lowest BCUT2D eigenvalue weighted by molar-refractivity contribution is 0.188. The Morgan fingerprint density at radius 3 is 3.11 bits per heavy atom. The van der Waals surface area contributed by atoms with Gasteiger partial charge in [0.05, 0.1) is 11.0 Å². The number of hydrogen-bond acceptors (Lipinski definition) is 5. The molecule has 2 aromatic heterocycles. The van der Waals surface area contributed by atoms with Crippen molar-refractivity contribution in [1.82, 2.24) is 19.5 Å². The Labute approximate surface area is 108 Å². The average Bonchev–Trinajstić information content (AvgIpc) is 3.09. The van der Waals surface area contributed by atoms with E-state index < -0.39 is 0 Å². The Bertz CT molecular complexity index is 588. The Balaban J connectivity index is 1.87. The smallest absolute Gasteiger partial charge is 0.257 e. The molecule has 92 valence electrons. The summed E-state index contributed by atoms with van der Waals surface area (Å²) in [4.78, 5) is 21.4. The molecule has 3 rings (SSSR count). The van der Waals surface area contributed by atoms with E-state index in [1.54, 1.807) is 29.9 Å². The summed E-state index contributed by atoms with van der Waals surface area (Å²) in [5.74, 6) is 0. The van der Waals surface area contributed by atoms with Crippen molar-refractivity contribution in [2.24, 2.45) is 5.10 Å². The molecule has 1 amide bonds. The maximum absolute atomic E-state index is 12.2. The molecule has 0 spiro atoms. The largest absolute Gasteiger partial charge is 0.350 e. The highest BCUT2D eigenvalue weighted by Gasteiger charge is 2.30. The van der Waals surface area contributed by atoms with Crippen molar-refractivity contribution in [2.45, 2.75) is 19.4 Å². The van der Waals surface area contributed by atoms with Crippen molar-refractivity contribution in [3.8, 4) is 0 Å². The number of hydrazone groups is 1. The van der Waals surface area contributed by atoms with E-state index in [0.717, 1.165) is 16.3 Å². The summed E-state index contributed by atoms with van der Waals surface area (Å²) in [6, 6.07) is -0.247. The third kappa shape index (κ3) is 1.82. The van der Waals surface area contributed by atoms with Gasteiger partial charge in [-0.3, -0.25) is 4.57 Å². The van der Waals surface area contributed by atoms with Crippen molar-refractivity contribution < 1.29 is 4.79 Å². The number of nitrogens with zero attached hydrogens (tertiary/aromatic N) is 5. The van der Waals surface area contributed by atoms with Gasteiger partial charge in [0.15, 0.2) is 0 Å². The second-order valence-corrected chi connectivity index (χ2v) is 5.19. The molecule has 1 unspecified atom stereocenters. The first-order chi connectivity index (χ1) is 8.75. The van der Waals surface area contributed by atoms with Crippen LogP contribution in [0.1, 0.15) is 22.3 Å². The monoisotopic (exact) mass is 261 g/mol. The maximum atomic E-state index is 12.2. The van der Waals surface area contributed by atoms with Crippen LogP contribution in [0.3, 0.4) is 0 Å². The normalized spacial score (nSPS) is 18.5. The molecule has 3 heterocycles. The minimum Gasteiger partial charge on any atom is -0.257 e. The summed E-state index contributed by atoms with van der Waals surface area (Å²) in [5.41, 5.74) is 0. The summed E-state index contributed by atoms with van der Waals surface area (Å²) in [6.45, 7) is 1.95. The molecule has 0 saturated carbocycles. The van der Waals surface area contributed by atoms with Crippen LogP contribution in [0.5, 0.6) is 0 Å². The molecule has 2 aromatic rings. The third-order valence-corrected chi connectivity index (χ3v) is 3.73. The molecule has 1 aliphatic rings. The van der Waals surface area contributed by atoms with Crippen molar-refractivity contribution >= 4 is 23.6 Å². The molecule has 6 nitrogen and oxygen atoms in total. The Hall–Kier alpha value is -2.02. The lowest BCUT2D eigenvalue weighted by atomic mass is 10.2. The molecular weight excluding hydrogens is 250 g/mol. The van der Waals surface area contributed by atoms with E-state index in [0.29, 0.717) is 0 Å². The van der Waals surface area contributed by atoms with Gasteiger partial charge < -0.3 is 0 Å². The highest BCUT2D eigenvalue weighted by molar-refractivity contribution is 7.11. The zero-order valence-electron chi connectivity index (χ0n) is 9.72. The van der Waals surface area contributed by atoms with Crippen LogP contribution < -0.4 is 0 Å².